The number of amides is 1. The first-order chi connectivity index (χ1) is 15.8. The third kappa shape index (κ3) is 4.55. The molecule has 0 saturated heterocycles. The standard InChI is InChI=1S/C19H19Cl2N7O4S/c1-8-11(20)12(21)13(24-8)17(29)25-9-3-6-28(7-10(9)27-32-2)19-26-14(15(33-19)18(30)31)16-22-4-5-23-16/h4-5,7,9,24,27H,3,6H2,1-2H3,(H,22,23)(H,25,29)(H,30,31). The average molecular weight is 512 g/mol. The third-order valence-electron chi connectivity index (χ3n) is 4.91. The number of anilines is 1. The van der Waals surface area contributed by atoms with Gasteiger partial charge in [0.15, 0.2) is 11.0 Å². The number of hydrogen-bond donors (Lipinski definition) is 5. The minimum absolute atomic E-state index is 0.0682. The number of hydrogen-bond acceptors (Lipinski definition) is 8. The van der Waals surface area contributed by atoms with E-state index in [1.807, 2.05) is 0 Å². The summed E-state index contributed by atoms with van der Waals surface area (Å²) in [5.41, 5.74) is 4.35. The van der Waals surface area contributed by atoms with Gasteiger partial charge in [0.2, 0.25) is 0 Å². The maximum atomic E-state index is 12.8. The van der Waals surface area contributed by atoms with Crippen molar-refractivity contribution in [1.29, 1.82) is 0 Å². The molecule has 33 heavy (non-hydrogen) atoms. The molecule has 14 heteroatoms. The van der Waals surface area contributed by atoms with Crippen molar-refractivity contribution in [3.05, 3.63) is 50.6 Å². The Morgan fingerprint density at radius 3 is 2.76 bits per heavy atom. The van der Waals surface area contributed by atoms with Crippen LogP contribution in [0.4, 0.5) is 5.13 Å². The number of carboxylic acids is 1. The minimum Gasteiger partial charge on any atom is -0.477 e. The van der Waals surface area contributed by atoms with E-state index in [0.29, 0.717) is 40.3 Å². The summed E-state index contributed by atoms with van der Waals surface area (Å²) in [6.45, 7) is 2.18. The Hall–Kier alpha value is -3.06. The fraction of sp³-hybridized carbons (Fsp3) is 0.263. The Balaban J connectivity index is 1.59. The van der Waals surface area contributed by atoms with Gasteiger partial charge in [-0.25, -0.2) is 14.8 Å². The number of aryl methyl sites for hydroxylation is 1. The zero-order valence-corrected chi connectivity index (χ0v) is 19.7. The summed E-state index contributed by atoms with van der Waals surface area (Å²) in [5.74, 6) is -1.14. The first-order valence-corrected chi connectivity index (χ1v) is 11.2. The molecule has 0 bridgehead atoms. The lowest BCUT2D eigenvalue weighted by Gasteiger charge is -2.31. The number of imidazole rings is 1. The van der Waals surface area contributed by atoms with Gasteiger partial charge >= 0.3 is 5.97 Å². The van der Waals surface area contributed by atoms with Gasteiger partial charge in [0.05, 0.1) is 28.9 Å². The molecule has 3 aromatic rings. The predicted octanol–water partition coefficient (Wildman–Crippen LogP) is 3.18. The molecule has 4 rings (SSSR count). The molecule has 1 aliphatic heterocycles. The van der Waals surface area contributed by atoms with Crippen LogP contribution >= 0.6 is 34.5 Å². The zero-order valence-electron chi connectivity index (χ0n) is 17.4. The van der Waals surface area contributed by atoms with Gasteiger partial charge in [-0.1, -0.05) is 34.5 Å². The van der Waals surface area contributed by atoms with Crippen molar-refractivity contribution in [1.82, 2.24) is 30.7 Å². The van der Waals surface area contributed by atoms with Crippen molar-refractivity contribution < 1.29 is 19.5 Å². The van der Waals surface area contributed by atoms with Crippen LogP contribution in [0.15, 0.2) is 24.3 Å². The van der Waals surface area contributed by atoms with Crippen molar-refractivity contribution in [2.45, 2.75) is 19.4 Å². The lowest BCUT2D eigenvalue weighted by molar-refractivity contribution is 0.0702. The Bertz CT molecular complexity index is 1220. The van der Waals surface area contributed by atoms with Gasteiger partial charge in [-0.15, -0.1) is 0 Å². The van der Waals surface area contributed by atoms with Crippen LogP contribution in [0.1, 0.15) is 32.3 Å². The number of thiazole rings is 1. The number of hydroxylamine groups is 1. The Kier molecular flexibility index (Phi) is 6.61. The van der Waals surface area contributed by atoms with Gasteiger partial charge in [0.25, 0.3) is 5.91 Å². The molecule has 1 aliphatic rings. The molecule has 4 heterocycles. The molecule has 1 atom stereocenters. The van der Waals surface area contributed by atoms with E-state index < -0.39 is 17.9 Å². The third-order valence-corrected chi connectivity index (χ3v) is 6.94. The van der Waals surface area contributed by atoms with E-state index in [2.05, 4.69) is 30.7 Å². The van der Waals surface area contributed by atoms with Crippen LogP contribution in [-0.2, 0) is 4.84 Å². The van der Waals surface area contributed by atoms with Crippen molar-refractivity contribution in [2.24, 2.45) is 0 Å². The molecule has 0 radical (unpaired) electrons. The summed E-state index contributed by atoms with van der Waals surface area (Å²) in [7, 11) is 1.45. The predicted molar refractivity (Wildman–Crippen MR) is 124 cm³/mol. The van der Waals surface area contributed by atoms with Crippen LogP contribution in [-0.4, -0.2) is 56.6 Å². The summed E-state index contributed by atoms with van der Waals surface area (Å²) in [5, 5.41) is 13.4. The number of carbonyl (C=O) groups is 2. The van der Waals surface area contributed by atoms with Crippen LogP contribution in [0.2, 0.25) is 10.0 Å². The van der Waals surface area contributed by atoms with E-state index in [4.69, 9.17) is 28.0 Å². The molecule has 0 aliphatic carbocycles. The molecule has 0 spiro atoms. The lowest BCUT2D eigenvalue weighted by Crippen LogP contribution is -2.45. The normalized spacial score (nSPS) is 15.9. The fourth-order valence-corrected chi connectivity index (χ4v) is 4.68. The van der Waals surface area contributed by atoms with Crippen LogP contribution in [0, 0.1) is 6.92 Å². The second kappa shape index (κ2) is 9.43. The number of H-pyrrole nitrogens is 2. The quantitative estimate of drug-likeness (QED) is 0.303. The van der Waals surface area contributed by atoms with E-state index in [0.717, 1.165) is 11.3 Å². The van der Waals surface area contributed by atoms with Gasteiger partial charge in [-0.3, -0.25) is 15.1 Å². The lowest BCUT2D eigenvalue weighted by atomic mass is 10.1. The van der Waals surface area contributed by atoms with E-state index in [-0.39, 0.29) is 21.3 Å². The first-order valence-electron chi connectivity index (χ1n) is 9.65. The number of nitrogens with one attached hydrogen (secondary N) is 4. The smallest absolute Gasteiger partial charge is 0.348 e. The topological polar surface area (TPSA) is 148 Å². The maximum absolute atomic E-state index is 12.8. The first kappa shape index (κ1) is 23.1. The Morgan fingerprint density at radius 1 is 1.36 bits per heavy atom. The zero-order chi connectivity index (χ0) is 23.7. The molecular formula is C19H19Cl2N7O4S. The molecule has 1 unspecified atom stereocenters. The van der Waals surface area contributed by atoms with E-state index in [1.165, 1.54) is 13.3 Å². The van der Waals surface area contributed by atoms with Gasteiger partial charge in [-0.2, -0.15) is 0 Å². The SMILES string of the molecule is CONC1=CN(c2nc(-c3ncc[nH]3)c(C(=O)O)s2)CCC1NC(=O)c1[nH]c(C)c(Cl)c1Cl. The second-order valence-corrected chi connectivity index (χ2v) is 8.80. The summed E-state index contributed by atoms with van der Waals surface area (Å²) in [6, 6.07) is -0.421. The molecule has 0 aromatic carbocycles. The molecule has 1 amide bonds. The van der Waals surface area contributed by atoms with Crippen molar-refractivity contribution in [2.75, 3.05) is 18.6 Å². The molecule has 0 fully saturated rings. The van der Waals surface area contributed by atoms with Crippen LogP contribution in [0.5, 0.6) is 0 Å². The average Bonchev–Trinajstić information content (AvgIpc) is 3.51. The number of carbonyl (C=O) groups excluding carboxylic acids is 1. The molecule has 0 saturated carbocycles. The van der Waals surface area contributed by atoms with Gasteiger partial charge in [0, 0.05) is 30.8 Å². The maximum Gasteiger partial charge on any atom is 0.348 e. The summed E-state index contributed by atoms with van der Waals surface area (Å²) in [6.07, 6.45) is 5.32. The number of rotatable bonds is 7. The fourth-order valence-electron chi connectivity index (χ4n) is 3.35. The number of carboxylic acid groups (broad SMARTS) is 1. The number of aromatic nitrogens is 4. The van der Waals surface area contributed by atoms with Gasteiger partial charge in [0.1, 0.15) is 16.3 Å². The van der Waals surface area contributed by atoms with E-state index in [1.54, 1.807) is 24.2 Å². The van der Waals surface area contributed by atoms with E-state index >= 15 is 0 Å². The summed E-state index contributed by atoms with van der Waals surface area (Å²) >= 11 is 13.3. The molecule has 3 aromatic heterocycles. The highest BCUT2D eigenvalue weighted by Gasteiger charge is 2.29. The Morgan fingerprint density at radius 2 is 2.15 bits per heavy atom. The second-order valence-electron chi connectivity index (χ2n) is 7.07. The van der Waals surface area contributed by atoms with Crippen LogP contribution in [0.25, 0.3) is 11.5 Å². The monoisotopic (exact) mass is 511 g/mol. The highest BCUT2D eigenvalue weighted by molar-refractivity contribution is 7.17. The molecular weight excluding hydrogens is 493 g/mol. The highest BCUT2D eigenvalue weighted by Crippen LogP contribution is 2.34. The molecule has 11 nitrogen and oxygen atoms in total. The van der Waals surface area contributed by atoms with Crippen molar-refractivity contribution in [3.8, 4) is 11.5 Å². The summed E-state index contributed by atoms with van der Waals surface area (Å²) < 4.78 is 0. The van der Waals surface area contributed by atoms with Crippen LogP contribution < -0.4 is 15.7 Å². The highest BCUT2D eigenvalue weighted by atomic mass is 35.5. The number of nitrogens with zero attached hydrogens (tertiary/aromatic N) is 3. The van der Waals surface area contributed by atoms with E-state index in [9.17, 15) is 14.7 Å². The van der Waals surface area contributed by atoms with Gasteiger partial charge in [-0.05, 0) is 13.3 Å². The number of aromatic amines is 2. The number of halogens is 2. The Labute approximate surface area is 201 Å². The minimum atomic E-state index is -1.09. The van der Waals surface area contributed by atoms with Crippen molar-refractivity contribution >= 4 is 51.5 Å². The molecule has 174 valence electrons. The largest absolute Gasteiger partial charge is 0.477 e. The summed E-state index contributed by atoms with van der Waals surface area (Å²) in [4.78, 5) is 45.8. The van der Waals surface area contributed by atoms with Crippen molar-refractivity contribution in [3.63, 3.8) is 0 Å². The molecule has 5 N–H and O–H groups in total. The number of aromatic carboxylic acids is 1. The van der Waals surface area contributed by atoms with Crippen LogP contribution in [0.3, 0.4) is 0 Å². The van der Waals surface area contributed by atoms with Gasteiger partial charge < -0.3 is 25.3 Å².